The molecule has 2 N–H and O–H groups in total. The maximum Gasteiger partial charge on any atom is 0.330 e. The van der Waals surface area contributed by atoms with E-state index in [0.29, 0.717) is 0 Å². The first-order chi connectivity index (χ1) is 12.3. The zero-order chi connectivity index (χ0) is 19.4. The summed E-state index contributed by atoms with van der Waals surface area (Å²) in [7, 11) is 0. The van der Waals surface area contributed by atoms with Gasteiger partial charge in [-0.1, -0.05) is 0 Å². The lowest BCUT2D eigenvalue weighted by Crippen LogP contribution is -2.42. The number of hydrogen-bond acceptors (Lipinski definition) is 8. The molecule has 0 aromatic carbocycles. The van der Waals surface area contributed by atoms with Gasteiger partial charge in [0.2, 0.25) is 0 Å². The van der Waals surface area contributed by atoms with E-state index in [0.717, 1.165) is 24.6 Å². The van der Waals surface area contributed by atoms with Crippen molar-refractivity contribution < 1.29 is 28.9 Å². The smallest absolute Gasteiger partial charge is 0.330 e. The minimum absolute atomic E-state index is 0.0133. The van der Waals surface area contributed by atoms with Crippen LogP contribution in [0.3, 0.4) is 0 Å². The van der Waals surface area contributed by atoms with Crippen LogP contribution in [-0.2, 0) is 23.8 Å². The molecular formula is C15H15IN2O8. The Bertz CT molecular complexity index is 880. The minimum atomic E-state index is -1.24. The van der Waals surface area contributed by atoms with Gasteiger partial charge in [0, 0.05) is 42.6 Å². The summed E-state index contributed by atoms with van der Waals surface area (Å²) in [6.45, 7) is 1.73. The number of esters is 2. The highest BCUT2D eigenvalue weighted by atomic mass is 127. The van der Waals surface area contributed by atoms with Crippen LogP contribution in [0.25, 0.3) is 0 Å². The maximum atomic E-state index is 12.2. The number of nitrogens with zero attached hydrogens (tertiary/aromatic N) is 1. The molecule has 4 atom stereocenters. The molecule has 1 fully saturated rings. The van der Waals surface area contributed by atoms with Crippen molar-refractivity contribution in [1.29, 1.82) is 0 Å². The van der Waals surface area contributed by atoms with Crippen LogP contribution in [0.1, 0.15) is 25.6 Å². The summed E-state index contributed by atoms with van der Waals surface area (Å²) in [5, 5.41) is 9.49. The highest BCUT2D eigenvalue weighted by Gasteiger charge is 2.50. The van der Waals surface area contributed by atoms with E-state index in [1.165, 1.54) is 0 Å². The molecule has 0 amide bonds. The van der Waals surface area contributed by atoms with Gasteiger partial charge in [-0.3, -0.25) is 23.9 Å². The van der Waals surface area contributed by atoms with Gasteiger partial charge in [0.25, 0.3) is 5.56 Å². The molecule has 1 aliphatic heterocycles. The Hall–Kier alpha value is -2.17. The van der Waals surface area contributed by atoms with Gasteiger partial charge in [0.15, 0.2) is 18.4 Å². The quantitative estimate of drug-likeness (QED) is 0.321. The Morgan fingerprint density at radius 1 is 1.31 bits per heavy atom. The number of rotatable bonds is 4. The van der Waals surface area contributed by atoms with E-state index in [4.69, 9.17) is 14.2 Å². The molecule has 1 saturated heterocycles. The monoisotopic (exact) mass is 478 g/mol. The number of aromatic nitrogens is 2. The van der Waals surface area contributed by atoms with Gasteiger partial charge >= 0.3 is 17.6 Å². The lowest BCUT2D eigenvalue weighted by atomic mass is 10.1. The first-order valence-corrected chi connectivity index (χ1v) is 8.44. The van der Waals surface area contributed by atoms with Crippen LogP contribution in [-0.4, -0.2) is 51.5 Å². The molecule has 2 heterocycles. The third kappa shape index (κ3) is 4.32. The molecule has 26 heavy (non-hydrogen) atoms. The molecule has 0 saturated carbocycles. The Morgan fingerprint density at radius 2 is 1.92 bits per heavy atom. The Kier molecular flexibility index (Phi) is 6.57. The summed E-state index contributed by atoms with van der Waals surface area (Å²) >= 11 is 1.73. The number of carbonyl (C=O) groups excluding carboxylic acids is 2. The Balaban J connectivity index is 2.54. The van der Waals surface area contributed by atoms with Crippen LogP contribution in [0.5, 0.6) is 0 Å². The van der Waals surface area contributed by atoms with Crippen molar-refractivity contribution in [1.82, 2.24) is 9.55 Å². The van der Waals surface area contributed by atoms with E-state index in [2.05, 4.69) is 14.8 Å². The fourth-order valence-corrected chi connectivity index (χ4v) is 2.83. The molecule has 10 nitrogen and oxygen atoms in total. The number of H-pyrrole nitrogens is 1. The summed E-state index contributed by atoms with van der Waals surface area (Å²) in [6.07, 6.45) is -3.47. The van der Waals surface area contributed by atoms with Crippen molar-refractivity contribution in [2.45, 2.75) is 38.4 Å². The zero-order valence-corrected chi connectivity index (χ0v) is 15.9. The average molecular weight is 478 g/mol. The molecule has 0 radical (unpaired) electrons. The van der Waals surface area contributed by atoms with E-state index >= 15 is 0 Å². The predicted octanol–water partition coefficient (Wildman–Crippen LogP) is -0.966. The molecule has 140 valence electrons. The number of ether oxygens (including phenoxy) is 3. The normalized spacial score (nSPS) is 24.5. The summed E-state index contributed by atoms with van der Waals surface area (Å²) in [6, 6.07) is 0. The summed E-state index contributed by atoms with van der Waals surface area (Å²) in [5.41, 5.74) is -1.54. The molecular weight excluding hydrogens is 463 g/mol. The minimum Gasteiger partial charge on any atom is -0.456 e. The fraction of sp³-hybridized carbons (Fsp3) is 0.467. The van der Waals surface area contributed by atoms with Crippen molar-refractivity contribution in [2.75, 3.05) is 6.61 Å². The van der Waals surface area contributed by atoms with Gasteiger partial charge in [-0.25, -0.2) is 4.79 Å². The van der Waals surface area contributed by atoms with Crippen LogP contribution >= 0.6 is 22.6 Å². The zero-order valence-electron chi connectivity index (χ0n) is 13.7. The summed E-state index contributed by atoms with van der Waals surface area (Å²) < 4.78 is 19.3. The van der Waals surface area contributed by atoms with Crippen LogP contribution in [0.4, 0.5) is 0 Å². The number of aliphatic hydroxyl groups is 1. The average Bonchev–Trinajstić information content (AvgIpc) is 2.86. The second-order valence-corrected chi connectivity index (χ2v) is 5.86. The number of nitrogens with one attached hydrogen (secondary N) is 1. The summed E-state index contributed by atoms with van der Waals surface area (Å²) in [4.78, 5) is 48.9. The van der Waals surface area contributed by atoms with Crippen molar-refractivity contribution in [3.63, 3.8) is 0 Å². The largest absolute Gasteiger partial charge is 0.456 e. The third-order valence-electron chi connectivity index (χ3n) is 3.49. The highest BCUT2D eigenvalue weighted by Crippen LogP contribution is 2.33. The maximum absolute atomic E-state index is 12.2. The molecule has 1 aliphatic rings. The van der Waals surface area contributed by atoms with Gasteiger partial charge < -0.3 is 19.3 Å². The second-order valence-electron chi connectivity index (χ2n) is 5.32. The molecule has 0 bridgehead atoms. The van der Waals surface area contributed by atoms with E-state index < -0.39 is 54.3 Å². The topological polar surface area (TPSA) is 137 Å². The predicted molar refractivity (Wildman–Crippen MR) is 94.3 cm³/mol. The van der Waals surface area contributed by atoms with Crippen LogP contribution in [0.2, 0.25) is 0 Å². The van der Waals surface area contributed by atoms with Gasteiger partial charge in [-0.15, -0.1) is 0 Å². The van der Waals surface area contributed by atoms with E-state index in [-0.39, 0.29) is 5.56 Å². The van der Waals surface area contributed by atoms with Crippen LogP contribution in [0, 0.1) is 9.85 Å². The number of aliphatic hydroxyl groups excluding tert-OH is 1. The van der Waals surface area contributed by atoms with Gasteiger partial charge in [-0.05, 0) is 9.85 Å². The number of hydrogen-bond donors (Lipinski definition) is 2. The lowest BCUT2D eigenvalue weighted by Gasteiger charge is -2.23. The van der Waals surface area contributed by atoms with Crippen molar-refractivity contribution >= 4 is 34.5 Å². The molecule has 1 aromatic heterocycles. The molecule has 0 unspecified atom stereocenters. The number of aromatic amines is 1. The summed E-state index contributed by atoms with van der Waals surface area (Å²) in [5.74, 6) is 1.14. The van der Waals surface area contributed by atoms with Crippen molar-refractivity contribution in [3.8, 4) is 9.85 Å². The fourth-order valence-electron chi connectivity index (χ4n) is 2.54. The van der Waals surface area contributed by atoms with Gasteiger partial charge in [-0.2, -0.15) is 0 Å². The highest BCUT2D eigenvalue weighted by molar-refractivity contribution is 14.1. The SMILES string of the molecule is CC(=O)O[C@@H]1[C@H](OC(C)=O)[C@@H](CO)O[C@H]1n1cc(C#CI)c(=O)[nH]c1=O. The molecule has 0 aliphatic carbocycles. The molecule has 2 rings (SSSR count). The number of halogens is 1. The first kappa shape index (κ1) is 20.1. The number of carbonyl (C=O) groups is 2. The molecule has 0 spiro atoms. The van der Waals surface area contributed by atoms with Crippen molar-refractivity contribution in [2.24, 2.45) is 0 Å². The van der Waals surface area contributed by atoms with Gasteiger partial charge in [0.1, 0.15) is 11.7 Å². The van der Waals surface area contributed by atoms with E-state index in [1.54, 1.807) is 22.6 Å². The van der Waals surface area contributed by atoms with E-state index in [9.17, 15) is 24.3 Å². The Morgan fingerprint density at radius 3 is 2.46 bits per heavy atom. The third-order valence-corrected chi connectivity index (χ3v) is 3.76. The molecule has 1 aromatic rings. The first-order valence-electron chi connectivity index (χ1n) is 7.36. The van der Waals surface area contributed by atoms with Crippen molar-refractivity contribution in [3.05, 3.63) is 32.6 Å². The van der Waals surface area contributed by atoms with Crippen LogP contribution in [0.15, 0.2) is 15.8 Å². The molecule has 11 heteroatoms. The lowest BCUT2D eigenvalue weighted by molar-refractivity contribution is -0.165. The second kappa shape index (κ2) is 8.47. The van der Waals surface area contributed by atoms with Crippen LogP contribution < -0.4 is 11.2 Å². The van der Waals surface area contributed by atoms with E-state index in [1.807, 2.05) is 0 Å². The standard InChI is InChI=1S/C15H15IN2O8/c1-7(20)24-11-10(6-19)26-14(12(11)25-8(2)21)18-5-9(3-4-16)13(22)17-15(18)23/h5,10-12,14,19H,6H2,1-2H3,(H,17,22,23)/t10-,11-,12-,14-/m1/s1. The Labute approximate surface area is 160 Å². The van der Waals surface area contributed by atoms with Gasteiger partial charge in [0.05, 0.1) is 6.61 Å².